The fraction of sp³-hybridized carbons (Fsp3) is 0.258. The maximum atomic E-state index is 14.2. The Morgan fingerprint density at radius 1 is 1.05 bits per heavy atom. The third kappa shape index (κ3) is 6.27. The zero-order valence-electron chi connectivity index (χ0n) is 23.6. The number of aromatic nitrogens is 4. The molecule has 0 bridgehead atoms. The van der Waals surface area contributed by atoms with Gasteiger partial charge in [-0.1, -0.05) is 31.5 Å². The molecule has 0 aliphatic carbocycles. The largest absolute Gasteiger partial charge is 0.457 e. The molecule has 0 unspecified atom stereocenters. The number of halogens is 1. The number of aryl methyl sites for hydroxylation is 1. The van der Waals surface area contributed by atoms with Gasteiger partial charge in [0.05, 0.1) is 42.9 Å². The van der Waals surface area contributed by atoms with E-state index in [0.717, 1.165) is 22.2 Å². The van der Waals surface area contributed by atoms with Crippen molar-refractivity contribution >= 4 is 22.8 Å². The minimum atomic E-state index is -0.628. The van der Waals surface area contributed by atoms with Gasteiger partial charge in [0.1, 0.15) is 23.1 Å². The Kier molecular flexibility index (Phi) is 8.23. The minimum Gasteiger partial charge on any atom is -0.457 e. The molecule has 2 aromatic heterocycles. The van der Waals surface area contributed by atoms with Crippen LogP contribution in [-0.2, 0) is 18.5 Å². The summed E-state index contributed by atoms with van der Waals surface area (Å²) >= 11 is 0. The number of carbonyl (C=O) groups is 1. The highest BCUT2D eigenvalue weighted by molar-refractivity contribution is 5.88. The van der Waals surface area contributed by atoms with Crippen molar-refractivity contribution in [2.45, 2.75) is 39.3 Å². The summed E-state index contributed by atoms with van der Waals surface area (Å²) in [5, 5.41) is 34.5. The molecule has 2 heterocycles. The first-order chi connectivity index (χ1) is 20.2. The molecule has 4 N–H and O–H groups in total. The summed E-state index contributed by atoms with van der Waals surface area (Å²) in [6.07, 6.45) is 1.68. The number of amides is 2. The van der Waals surface area contributed by atoms with Crippen LogP contribution in [0, 0.1) is 12.7 Å². The maximum absolute atomic E-state index is 14.2. The van der Waals surface area contributed by atoms with Gasteiger partial charge in [0.2, 0.25) is 0 Å². The van der Waals surface area contributed by atoms with Gasteiger partial charge < -0.3 is 20.3 Å². The number of benzene rings is 3. The topological polar surface area (TPSA) is 126 Å². The van der Waals surface area contributed by atoms with Gasteiger partial charge in [-0.3, -0.25) is 10.00 Å². The van der Waals surface area contributed by atoms with Gasteiger partial charge in [-0.25, -0.2) is 13.9 Å². The van der Waals surface area contributed by atoms with Crippen molar-refractivity contribution in [3.8, 4) is 17.2 Å². The molecule has 42 heavy (non-hydrogen) atoms. The van der Waals surface area contributed by atoms with Gasteiger partial charge in [0.25, 0.3) is 0 Å². The van der Waals surface area contributed by atoms with Crippen LogP contribution >= 0.6 is 0 Å². The monoisotopic (exact) mass is 572 g/mol. The van der Waals surface area contributed by atoms with Gasteiger partial charge in [0, 0.05) is 29.0 Å². The van der Waals surface area contributed by atoms with E-state index in [4.69, 9.17) is 4.74 Å². The van der Waals surface area contributed by atoms with Crippen molar-refractivity contribution in [3.63, 3.8) is 0 Å². The first-order valence-corrected chi connectivity index (χ1v) is 13.5. The number of fused-ring (bicyclic) bond motifs is 1. The molecule has 11 heteroatoms. The zero-order valence-corrected chi connectivity index (χ0v) is 23.6. The smallest absolute Gasteiger partial charge is 0.320 e. The maximum Gasteiger partial charge on any atom is 0.320 e. The molecule has 0 aliphatic rings. The number of hydrogen-bond acceptors (Lipinski definition) is 6. The van der Waals surface area contributed by atoms with E-state index in [2.05, 4.69) is 20.8 Å². The lowest BCUT2D eigenvalue weighted by atomic mass is 9.91. The molecule has 5 aromatic rings. The van der Waals surface area contributed by atoms with Gasteiger partial charge >= 0.3 is 6.03 Å². The molecule has 0 saturated heterocycles. The SMILES string of the molecule is Cc1ccc(-n2nc(C(C)(C)CO)cc2NC(=O)NCc2cc(F)ccc2Oc2ccc3c(cnn3CCO)c2)cc1. The molecule has 0 atom stereocenters. The summed E-state index contributed by atoms with van der Waals surface area (Å²) in [7, 11) is 0. The highest BCUT2D eigenvalue weighted by atomic mass is 19.1. The van der Waals surface area contributed by atoms with Crippen LogP contribution in [0.5, 0.6) is 11.5 Å². The van der Waals surface area contributed by atoms with Crippen LogP contribution in [0.2, 0.25) is 0 Å². The lowest BCUT2D eigenvalue weighted by molar-refractivity contribution is 0.215. The van der Waals surface area contributed by atoms with Crippen LogP contribution in [0.1, 0.15) is 30.7 Å². The Morgan fingerprint density at radius 3 is 2.57 bits per heavy atom. The number of hydrogen-bond donors (Lipinski definition) is 4. The van der Waals surface area contributed by atoms with Gasteiger partial charge in [-0.2, -0.15) is 10.2 Å². The van der Waals surface area contributed by atoms with Gasteiger partial charge in [-0.05, 0) is 55.5 Å². The van der Waals surface area contributed by atoms with Crippen LogP contribution < -0.4 is 15.4 Å². The molecule has 3 aromatic carbocycles. The molecule has 0 fully saturated rings. The highest BCUT2D eigenvalue weighted by Gasteiger charge is 2.25. The summed E-state index contributed by atoms with van der Waals surface area (Å²) in [5.74, 6) is 0.854. The summed E-state index contributed by atoms with van der Waals surface area (Å²) in [4.78, 5) is 13.0. The fourth-order valence-electron chi connectivity index (χ4n) is 4.41. The third-order valence-corrected chi connectivity index (χ3v) is 6.93. The van der Waals surface area contributed by atoms with E-state index in [1.165, 1.54) is 18.2 Å². The van der Waals surface area contributed by atoms with Crippen molar-refractivity contribution < 1.29 is 24.1 Å². The summed E-state index contributed by atoms with van der Waals surface area (Å²) < 4.78 is 23.6. The summed E-state index contributed by atoms with van der Waals surface area (Å²) in [5.41, 5.74) is 3.10. The van der Waals surface area contributed by atoms with Crippen LogP contribution in [0.15, 0.2) is 72.9 Å². The van der Waals surface area contributed by atoms with Crippen LogP contribution in [0.4, 0.5) is 15.0 Å². The van der Waals surface area contributed by atoms with Crippen LogP contribution in [-0.4, -0.2) is 49.0 Å². The molecule has 0 saturated carbocycles. The average Bonchev–Trinajstić information content (AvgIpc) is 3.58. The van der Waals surface area contributed by atoms with E-state index in [1.807, 2.05) is 51.1 Å². The number of rotatable bonds is 10. The predicted molar refractivity (Wildman–Crippen MR) is 158 cm³/mol. The average molecular weight is 573 g/mol. The highest BCUT2D eigenvalue weighted by Crippen LogP contribution is 2.30. The second-order valence-corrected chi connectivity index (χ2v) is 10.7. The first kappa shape index (κ1) is 28.8. The van der Waals surface area contributed by atoms with Crippen molar-refractivity contribution in [2.75, 3.05) is 18.5 Å². The number of aliphatic hydroxyl groups is 2. The predicted octanol–water partition coefficient (Wildman–Crippen LogP) is 5.05. The van der Waals surface area contributed by atoms with E-state index in [1.54, 1.807) is 33.8 Å². The number of nitrogens with one attached hydrogen (secondary N) is 2. The molecule has 0 radical (unpaired) electrons. The van der Waals surface area contributed by atoms with Crippen molar-refractivity contribution in [1.82, 2.24) is 24.9 Å². The lowest BCUT2D eigenvalue weighted by Crippen LogP contribution is -2.29. The lowest BCUT2D eigenvalue weighted by Gasteiger charge is -2.18. The molecule has 0 spiro atoms. The number of carbonyl (C=O) groups excluding carboxylic acids is 1. The van der Waals surface area contributed by atoms with Crippen LogP contribution in [0.3, 0.4) is 0 Å². The minimum absolute atomic E-state index is 0.0107. The number of anilines is 1. The molecule has 218 valence electrons. The van der Waals surface area contributed by atoms with E-state index in [0.29, 0.717) is 35.1 Å². The summed E-state index contributed by atoms with van der Waals surface area (Å²) in [6.45, 7) is 5.94. The van der Waals surface area contributed by atoms with Crippen molar-refractivity contribution in [3.05, 3.63) is 95.6 Å². The number of urea groups is 1. The number of nitrogens with zero attached hydrogens (tertiary/aromatic N) is 4. The molecule has 0 aliphatic heterocycles. The number of aliphatic hydroxyl groups excluding tert-OH is 2. The fourth-order valence-corrected chi connectivity index (χ4v) is 4.41. The molecular formula is C31H33FN6O4. The van der Waals surface area contributed by atoms with Gasteiger partial charge in [-0.15, -0.1) is 0 Å². The molecular weight excluding hydrogens is 539 g/mol. The second kappa shape index (κ2) is 12.0. The Balaban J connectivity index is 1.33. The standard InChI is InChI=1S/C31H33FN6O4/c1-20-4-7-24(8-5-20)38-29(16-28(36-38)31(2,3)19-40)35-30(41)33-17-22-14-23(32)6-11-27(22)42-25-9-10-26-21(15-25)18-34-37(26)12-13-39/h4-11,14-16,18,39-40H,12-13,17,19H2,1-3H3,(H2,33,35,41). The van der Waals surface area contributed by atoms with E-state index >= 15 is 0 Å². The third-order valence-electron chi connectivity index (χ3n) is 6.93. The summed E-state index contributed by atoms with van der Waals surface area (Å²) in [6, 6.07) is 18.4. The van der Waals surface area contributed by atoms with E-state index in [9.17, 15) is 19.4 Å². The Hall–Kier alpha value is -4.74. The Labute approximate surface area is 242 Å². The number of ether oxygens (including phenoxy) is 1. The zero-order chi connectivity index (χ0) is 29.9. The first-order valence-electron chi connectivity index (χ1n) is 13.5. The van der Waals surface area contributed by atoms with E-state index < -0.39 is 17.3 Å². The second-order valence-electron chi connectivity index (χ2n) is 10.7. The molecule has 2 amide bonds. The Bertz CT molecular complexity index is 1710. The normalized spacial score (nSPS) is 11.6. The van der Waals surface area contributed by atoms with E-state index in [-0.39, 0.29) is 19.8 Å². The van der Waals surface area contributed by atoms with Gasteiger partial charge in [0.15, 0.2) is 0 Å². The molecule has 10 nitrogen and oxygen atoms in total. The molecule has 5 rings (SSSR count). The van der Waals surface area contributed by atoms with Crippen molar-refractivity contribution in [2.24, 2.45) is 0 Å². The Morgan fingerprint density at radius 2 is 1.83 bits per heavy atom. The quantitative estimate of drug-likeness (QED) is 0.186. The van der Waals surface area contributed by atoms with Crippen molar-refractivity contribution in [1.29, 1.82) is 0 Å². The van der Waals surface area contributed by atoms with Crippen LogP contribution in [0.25, 0.3) is 16.6 Å².